The van der Waals surface area contributed by atoms with Crippen LogP contribution < -0.4 is 4.90 Å². The lowest BCUT2D eigenvalue weighted by Gasteiger charge is -2.29. The fraction of sp³-hybridized carbons (Fsp3) is 0.350. The standard InChI is InChI=1S/C20H22N2O3/c1-3-18(20(24)25-2)22(15-9-5-4-6-10-15)19(23)17-12-16(17)14-8-7-11-21-13-14/h4-11,13,16-18H,3,12H2,1-2H3/t16-,17-,18+/m0/s1. The van der Waals surface area contributed by atoms with E-state index in [1.54, 1.807) is 11.1 Å². The van der Waals surface area contributed by atoms with Crippen molar-refractivity contribution in [3.05, 3.63) is 60.4 Å². The van der Waals surface area contributed by atoms with Crippen molar-refractivity contribution in [3.63, 3.8) is 0 Å². The largest absolute Gasteiger partial charge is 0.467 e. The minimum absolute atomic E-state index is 0.0303. The number of carbonyl (C=O) groups excluding carboxylic acids is 2. The second-order valence-corrected chi connectivity index (χ2v) is 6.23. The molecule has 1 aliphatic rings. The van der Waals surface area contributed by atoms with Gasteiger partial charge in [-0.25, -0.2) is 4.79 Å². The molecule has 1 heterocycles. The molecule has 3 rings (SSSR count). The van der Waals surface area contributed by atoms with Crippen LogP contribution in [0.3, 0.4) is 0 Å². The minimum atomic E-state index is -0.616. The zero-order chi connectivity index (χ0) is 17.8. The summed E-state index contributed by atoms with van der Waals surface area (Å²) in [6.07, 6.45) is 4.81. The third kappa shape index (κ3) is 3.55. The number of carbonyl (C=O) groups is 2. The predicted molar refractivity (Wildman–Crippen MR) is 95.1 cm³/mol. The second kappa shape index (κ2) is 7.47. The first-order valence-corrected chi connectivity index (χ1v) is 8.53. The van der Waals surface area contributed by atoms with E-state index in [1.165, 1.54) is 7.11 Å². The van der Waals surface area contributed by atoms with Gasteiger partial charge >= 0.3 is 5.97 Å². The molecule has 0 N–H and O–H groups in total. The maximum Gasteiger partial charge on any atom is 0.328 e. The third-order valence-electron chi connectivity index (χ3n) is 4.66. The fourth-order valence-corrected chi connectivity index (χ4v) is 3.25. The summed E-state index contributed by atoms with van der Waals surface area (Å²) in [6, 6.07) is 12.6. The highest BCUT2D eigenvalue weighted by Gasteiger charge is 2.48. The molecule has 0 aliphatic heterocycles. The third-order valence-corrected chi connectivity index (χ3v) is 4.66. The summed E-state index contributed by atoms with van der Waals surface area (Å²) < 4.78 is 4.92. The van der Waals surface area contributed by atoms with E-state index in [2.05, 4.69) is 4.98 Å². The van der Waals surface area contributed by atoms with Gasteiger partial charge in [-0.15, -0.1) is 0 Å². The van der Waals surface area contributed by atoms with Crippen LogP contribution in [-0.2, 0) is 14.3 Å². The average Bonchev–Trinajstić information content (AvgIpc) is 3.47. The number of anilines is 1. The Bertz CT molecular complexity index is 733. The predicted octanol–water partition coefficient (Wildman–Crippen LogP) is 3.17. The first kappa shape index (κ1) is 17.1. The van der Waals surface area contributed by atoms with Gasteiger partial charge < -0.3 is 4.74 Å². The van der Waals surface area contributed by atoms with Crippen molar-refractivity contribution in [1.29, 1.82) is 0 Å². The topological polar surface area (TPSA) is 59.5 Å². The Balaban J connectivity index is 1.87. The van der Waals surface area contributed by atoms with Crippen molar-refractivity contribution >= 4 is 17.6 Å². The summed E-state index contributed by atoms with van der Waals surface area (Å²) in [5.74, 6) is -0.374. The maximum atomic E-state index is 13.2. The van der Waals surface area contributed by atoms with Gasteiger partial charge in [0.1, 0.15) is 6.04 Å². The average molecular weight is 338 g/mol. The van der Waals surface area contributed by atoms with E-state index in [0.717, 1.165) is 17.7 Å². The first-order chi connectivity index (χ1) is 12.2. The molecule has 2 aromatic rings. The van der Waals surface area contributed by atoms with Crippen LogP contribution in [0.1, 0.15) is 31.2 Å². The lowest BCUT2D eigenvalue weighted by Crippen LogP contribution is -2.46. The van der Waals surface area contributed by atoms with Crippen molar-refractivity contribution in [2.45, 2.75) is 31.7 Å². The highest BCUT2D eigenvalue weighted by Crippen LogP contribution is 2.49. The Morgan fingerprint density at radius 3 is 2.60 bits per heavy atom. The Morgan fingerprint density at radius 1 is 1.24 bits per heavy atom. The summed E-state index contributed by atoms with van der Waals surface area (Å²) in [5, 5.41) is 0. The molecule has 3 atom stereocenters. The number of amides is 1. The van der Waals surface area contributed by atoms with Gasteiger partial charge in [-0.1, -0.05) is 31.2 Å². The number of benzene rings is 1. The van der Waals surface area contributed by atoms with E-state index in [1.807, 2.05) is 55.6 Å². The molecule has 5 heteroatoms. The smallest absolute Gasteiger partial charge is 0.328 e. The summed E-state index contributed by atoms with van der Waals surface area (Å²) in [4.78, 5) is 31.2. The highest BCUT2D eigenvalue weighted by molar-refractivity contribution is 6.02. The zero-order valence-corrected chi connectivity index (χ0v) is 14.5. The number of hydrogen-bond acceptors (Lipinski definition) is 4. The van der Waals surface area contributed by atoms with E-state index in [0.29, 0.717) is 6.42 Å². The number of nitrogens with zero attached hydrogens (tertiary/aromatic N) is 2. The monoisotopic (exact) mass is 338 g/mol. The molecule has 1 aromatic heterocycles. The SMILES string of the molecule is CC[C@H](C(=O)OC)N(C(=O)[C@H]1C[C@H]1c1cccnc1)c1ccccc1. The lowest BCUT2D eigenvalue weighted by atomic mass is 10.1. The van der Waals surface area contributed by atoms with Gasteiger partial charge in [-0.3, -0.25) is 14.7 Å². The van der Waals surface area contributed by atoms with E-state index in [4.69, 9.17) is 4.74 Å². The fourth-order valence-electron chi connectivity index (χ4n) is 3.25. The van der Waals surface area contributed by atoms with Crippen LogP contribution in [0.15, 0.2) is 54.9 Å². The molecule has 0 saturated heterocycles. The molecular formula is C20H22N2O3. The molecule has 1 aromatic carbocycles. The van der Waals surface area contributed by atoms with Crippen molar-refractivity contribution in [1.82, 2.24) is 4.98 Å². The Labute approximate surface area is 147 Å². The maximum absolute atomic E-state index is 13.2. The number of ether oxygens (including phenoxy) is 1. The Kier molecular flexibility index (Phi) is 5.12. The second-order valence-electron chi connectivity index (χ2n) is 6.23. The van der Waals surface area contributed by atoms with Crippen LogP contribution in [0.25, 0.3) is 0 Å². The molecular weight excluding hydrogens is 316 g/mol. The summed E-state index contributed by atoms with van der Waals surface area (Å²) in [5.41, 5.74) is 1.79. The Hall–Kier alpha value is -2.69. The molecule has 1 aliphatic carbocycles. The summed E-state index contributed by atoms with van der Waals surface area (Å²) in [7, 11) is 1.36. The number of esters is 1. The number of pyridine rings is 1. The van der Waals surface area contributed by atoms with Crippen molar-refractivity contribution in [3.8, 4) is 0 Å². The number of para-hydroxylation sites is 1. The molecule has 0 bridgehead atoms. The molecule has 1 fully saturated rings. The number of methoxy groups -OCH3 is 1. The molecule has 5 nitrogen and oxygen atoms in total. The Morgan fingerprint density at radius 2 is 2.00 bits per heavy atom. The van der Waals surface area contributed by atoms with E-state index in [9.17, 15) is 9.59 Å². The lowest BCUT2D eigenvalue weighted by molar-refractivity contribution is -0.143. The van der Waals surface area contributed by atoms with E-state index >= 15 is 0 Å². The van der Waals surface area contributed by atoms with Crippen LogP contribution in [0.4, 0.5) is 5.69 Å². The van der Waals surface area contributed by atoms with Gasteiger partial charge in [-0.05, 0) is 42.5 Å². The van der Waals surface area contributed by atoms with Crippen LogP contribution in [0, 0.1) is 5.92 Å². The van der Waals surface area contributed by atoms with Gasteiger partial charge in [0.15, 0.2) is 0 Å². The zero-order valence-electron chi connectivity index (χ0n) is 14.5. The summed E-state index contributed by atoms with van der Waals surface area (Å²) in [6.45, 7) is 1.89. The molecule has 130 valence electrons. The number of rotatable bonds is 6. The minimum Gasteiger partial charge on any atom is -0.467 e. The van der Waals surface area contributed by atoms with Gasteiger partial charge in [-0.2, -0.15) is 0 Å². The normalized spacial score (nSPS) is 19.8. The van der Waals surface area contributed by atoms with Crippen LogP contribution in [-0.4, -0.2) is 30.0 Å². The molecule has 0 radical (unpaired) electrons. The van der Waals surface area contributed by atoms with Gasteiger partial charge in [0, 0.05) is 24.0 Å². The highest BCUT2D eigenvalue weighted by atomic mass is 16.5. The van der Waals surface area contributed by atoms with Crippen molar-refractivity contribution in [2.75, 3.05) is 12.0 Å². The molecule has 1 amide bonds. The first-order valence-electron chi connectivity index (χ1n) is 8.53. The van der Waals surface area contributed by atoms with Crippen molar-refractivity contribution in [2.24, 2.45) is 5.92 Å². The molecule has 1 saturated carbocycles. The molecule has 0 unspecified atom stereocenters. The van der Waals surface area contributed by atoms with Gasteiger partial charge in [0.2, 0.25) is 5.91 Å². The van der Waals surface area contributed by atoms with Crippen molar-refractivity contribution < 1.29 is 14.3 Å². The van der Waals surface area contributed by atoms with Crippen LogP contribution in [0.5, 0.6) is 0 Å². The van der Waals surface area contributed by atoms with Crippen LogP contribution in [0.2, 0.25) is 0 Å². The number of hydrogen-bond donors (Lipinski definition) is 0. The van der Waals surface area contributed by atoms with Gasteiger partial charge in [0.25, 0.3) is 0 Å². The molecule has 0 spiro atoms. The number of aromatic nitrogens is 1. The summed E-state index contributed by atoms with van der Waals surface area (Å²) >= 11 is 0. The van der Waals surface area contributed by atoms with E-state index < -0.39 is 12.0 Å². The van der Waals surface area contributed by atoms with Gasteiger partial charge in [0.05, 0.1) is 7.11 Å². The quantitative estimate of drug-likeness (QED) is 0.759. The van der Waals surface area contributed by atoms with Crippen LogP contribution >= 0.6 is 0 Å². The molecule has 25 heavy (non-hydrogen) atoms. The van der Waals surface area contributed by atoms with E-state index in [-0.39, 0.29) is 17.7 Å².